The molecule has 0 spiro atoms. The molecule has 1 fully saturated rings. The number of nitrogens with one attached hydrogen (secondary N) is 1. The number of hydrogen-bond donors (Lipinski definition) is 1. The molecule has 1 N–H and O–H groups in total. The maximum atomic E-state index is 12.7. The molecule has 0 atom stereocenters. The molecule has 3 aromatic rings. The van der Waals surface area contributed by atoms with E-state index in [4.69, 9.17) is 0 Å². The number of aromatic nitrogens is 5. The first kappa shape index (κ1) is 17.5. The molecule has 1 aliphatic carbocycles. The van der Waals surface area contributed by atoms with Gasteiger partial charge in [0.2, 0.25) is 0 Å². The summed E-state index contributed by atoms with van der Waals surface area (Å²) in [6.07, 6.45) is 7.72. The predicted octanol–water partition coefficient (Wildman–Crippen LogP) is 3.41. The Morgan fingerprint density at radius 1 is 1.26 bits per heavy atom. The highest BCUT2D eigenvalue weighted by molar-refractivity contribution is 6.02. The average molecular weight is 364 g/mol. The highest BCUT2D eigenvalue weighted by Gasteiger charge is 2.32. The number of hydrogen-bond acceptors (Lipinski definition) is 4. The number of carbonyl (C=O) groups is 1. The Kier molecular flexibility index (Phi) is 4.30. The summed E-state index contributed by atoms with van der Waals surface area (Å²) in [5.74, 6) is 0.811. The van der Waals surface area contributed by atoms with Crippen molar-refractivity contribution >= 4 is 11.7 Å². The second-order valence-corrected chi connectivity index (χ2v) is 8.03. The molecular formula is C20H24N6O. The van der Waals surface area contributed by atoms with Crippen molar-refractivity contribution in [2.75, 3.05) is 5.32 Å². The standard InChI is InChI=1S/C20H24N6O/c1-20(2,3)26-17(15-6-7-15)11-16(23-26)19(27)22-18-8-10-25(24-18)13-14-5-4-9-21-12-14/h4-5,8-12,15H,6-7,13H2,1-3H3,(H,22,24,27). The number of amides is 1. The second-order valence-electron chi connectivity index (χ2n) is 8.03. The van der Waals surface area contributed by atoms with E-state index < -0.39 is 0 Å². The molecule has 1 amide bonds. The Hall–Kier alpha value is -2.96. The van der Waals surface area contributed by atoms with Gasteiger partial charge in [-0.1, -0.05) is 6.07 Å². The van der Waals surface area contributed by atoms with Gasteiger partial charge in [-0.2, -0.15) is 10.2 Å². The molecule has 7 heteroatoms. The molecule has 1 aliphatic rings. The van der Waals surface area contributed by atoms with Crippen LogP contribution in [0.1, 0.15) is 61.3 Å². The zero-order valence-corrected chi connectivity index (χ0v) is 15.9. The second kappa shape index (κ2) is 6.64. The van der Waals surface area contributed by atoms with Gasteiger partial charge in [0.15, 0.2) is 11.5 Å². The van der Waals surface area contributed by atoms with Crippen molar-refractivity contribution in [2.24, 2.45) is 0 Å². The van der Waals surface area contributed by atoms with Gasteiger partial charge in [0.05, 0.1) is 12.1 Å². The predicted molar refractivity (Wildman–Crippen MR) is 103 cm³/mol. The van der Waals surface area contributed by atoms with E-state index in [1.165, 1.54) is 12.8 Å². The van der Waals surface area contributed by atoms with Gasteiger partial charge in [-0.15, -0.1) is 0 Å². The lowest BCUT2D eigenvalue weighted by Crippen LogP contribution is -2.25. The molecular weight excluding hydrogens is 340 g/mol. The first-order valence-electron chi connectivity index (χ1n) is 9.24. The van der Waals surface area contributed by atoms with Crippen LogP contribution in [0.3, 0.4) is 0 Å². The van der Waals surface area contributed by atoms with Crippen molar-refractivity contribution in [1.29, 1.82) is 0 Å². The fraction of sp³-hybridized carbons (Fsp3) is 0.400. The van der Waals surface area contributed by atoms with Gasteiger partial charge in [-0.05, 0) is 51.3 Å². The van der Waals surface area contributed by atoms with Crippen LogP contribution >= 0.6 is 0 Å². The van der Waals surface area contributed by atoms with E-state index in [-0.39, 0.29) is 11.4 Å². The van der Waals surface area contributed by atoms with E-state index in [2.05, 4.69) is 41.3 Å². The Labute approximate surface area is 158 Å². The van der Waals surface area contributed by atoms with Crippen molar-refractivity contribution < 1.29 is 4.79 Å². The van der Waals surface area contributed by atoms with Crippen LogP contribution in [-0.2, 0) is 12.1 Å². The zero-order valence-electron chi connectivity index (χ0n) is 15.9. The van der Waals surface area contributed by atoms with E-state index in [0.29, 0.717) is 24.0 Å². The number of anilines is 1. The van der Waals surface area contributed by atoms with Crippen LogP contribution in [0.5, 0.6) is 0 Å². The van der Waals surface area contributed by atoms with Crippen molar-refractivity contribution in [3.8, 4) is 0 Å². The largest absolute Gasteiger partial charge is 0.304 e. The number of rotatable bonds is 5. The molecule has 0 saturated heterocycles. The monoisotopic (exact) mass is 364 g/mol. The Bertz CT molecular complexity index is 947. The van der Waals surface area contributed by atoms with Crippen LogP contribution in [-0.4, -0.2) is 30.5 Å². The summed E-state index contributed by atoms with van der Waals surface area (Å²) in [5, 5.41) is 11.8. The number of pyridine rings is 1. The van der Waals surface area contributed by atoms with Gasteiger partial charge in [0.1, 0.15) is 0 Å². The van der Waals surface area contributed by atoms with Crippen LogP contribution < -0.4 is 5.32 Å². The summed E-state index contributed by atoms with van der Waals surface area (Å²) in [6.45, 7) is 6.92. The van der Waals surface area contributed by atoms with Crippen molar-refractivity contribution in [2.45, 2.75) is 51.6 Å². The molecule has 0 bridgehead atoms. The summed E-state index contributed by atoms with van der Waals surface area (Å²) in [4.78, 5) is 16.8. The van der Waals surface area contributed by atoms with Crippen LogP contribution in [0.2, 0.25) is 0 Å². The molecule has 0 aromatic carbocycles. The molecule has 0 radical (unpaired) electrons. The van der Waals surface area contributed by atoms with Gasteiger partial charge >= 0.3 is 0 Å². The molecule has 7 nitrogen and oxygen atoms in total. The molecule has 4 rings (SSSR count). The van der Waals surface area contributed by atoms with Crippen LogP contribution in [0.4, 0.5) is 5.82 Å². The van der Waals surface area contributed by atoms with Crippen LogP contribution in [0, 0.1) is 0 Å². The fourth-order valence-electron chi connectivity index (χ4n) is 3.09. The molecule has 0 aliphatic heterocycles. The maximum Gasteiger partial charge on any atom is 0.277 e. The third-order valence-electron chi connectivity index (χ3n) is 4.55. The highest BCUT2D eigenvalue weighted by atomic mass is 16.2. The normalized spacial score (nSPS) is 14.3. The molecule has 1 saturated carbocycles. The van der Waals surface area contributed by atoms with E-state index in [1.807, 2.05) is 29.1 Å². The Morgan fingerprint density at radius 2 is 2.07 bits per heavy atom. The van der Waals surface area contributed by atoms with Crippen molar-refractivity contribution in [1.82, 2.24) is 24.5 Å². The summed E-state index contributed by atoms with van der Waals surface area (Å²) in [5.41, 5.74) is 2.49. The average Bonchev–Trinajstić information content (AvgIpc) is 3.20. The van der Waals surface area contributed by atoms with Crippen molar-refractivity contribution in [3.63, 3.8) is 0 Å². The lowest BCUT2D eigenvalue weighted by atomic mass is 10.1. The van der Waals surface area contributed by atoms with Crippen molar-refractivity contribution in [3.05, 3.63) is 59.8 Å². The van der Waals surface area contributed by atoms with Gasteiger partial charge in [-0.3, -0.25) is 19.1 Å². The van der Waals surface area contributed by atoms with Crippen LogP contribution in [0.25, 0.3) is 0 Å². The van der Waals surface area contributed by atoms with E-state index >= 15 is 0 Å². The molecule has 3 heterocycles. The van der Waals surface area contributed by atoms with Gasteiger partial charge in [0, 0.05) is 36.3 Å². The molecule has 27 heavy (non-hydrogen) atoms. The minimum Gasteiger partial charge on any atom is -0.304 e. The van der Waals surface area contributed by atoms with E-state index in [9.17, 15) is 4.79 Å². The number of nitrogens with zero attached hydrogens (tertiary/aromatic N) is 5. The highest BCUT2D eigenvalue weighted by Crippen LogP contribution is 2.41. The maximum absolute atomic E-state index is 12.7. The minimum absolute atomic E-state index is 0.151. The molecule has 140 valence electrons. The quantitative estimate of drug-likeness (QED) is 0.753. The zero-order chi connectivity index (χ0) is 19.0. The first-order valence-corrected chi connectivity index (χ1v) is 9.24. The summed E-state index contributed by atoms with van der Waals surface area (Å²) in [7, 11) is 0. The lowest BCUT2D eigenvalue weighted by Gasteiger charge is -2.22. The SMILES string of the molecule is CC(C)(C)n1nc(C(=O)Nc2ccn(Cc3cccnc3)n2)cc1C1CC1. The van der Waals surface area contributed by atoms with Gasteiger partial charge in [-0.25, -0.2) is 0 Å². The fourth-order valence-corrected chi connectivity index (χ4v) is 3.09. The minimum atomic E-state index is -0.230. The number of carbonyl (C=O) groups excluding carboxylic acids is 1. The summed E-state index contributed by atoms with van der Waals surface area (Å²) in [6, 6.07) is 7.59. The van der Waals surface area contributed by atoms with Crippen LogP contribution in [0.15, 0.2) is 42.9 Å². The topological polar surface area (TPSA) is 77.6 Å². The first-order chi connectivity index (χ1) is 12.9. The summed E-state index contributed by atoms with van der Waals surface area (Å²) < 4.78 is 3.76. The Morgan fingerprint density at radius 3 is 2.74 bits per heavy atom. The lowest BCUT2D eigenvalue weighted by molar-refractivity contribution is 0.102. The third-order valence-corrected chi connectivity index (χ3v) is 4.55. The Balaban J connectivity index is 1.48. The van der Waals surface area contributed by atoms with Gasteiger partial charge in [0.25, 0.3) is 5.91 Å². The summed E-state index contributed by atoms with van der Waals surface area (Å²) >= 11 is 0. The molecule has 0 unspecified atom stereocenters. The smallest absolute Gasteiger partial charge is 0.277 e. The van der Waals surface area contributed by atoms with E-state index in [0.717, 1.165) is 11.3 Å². The van der Waals surface area contributed by atoms with Gasteiger partial charge < -0.3 is 5.32 Å². The third kappa shape index (κ3) is 3.92. The molecule has 3 aromatic heterocycles. The van der Waals surface area contributed by atoms with E-state index in [1.54, 1.807) is 23.1 Å².